The van der Waals surface area contributed by atoms with Crippen LogP contribution in [0, 0.1) is 0 Å². The molecular formula is C20H18ClN9O. The summed E-state index contributed by atoms with van der Waals surface area (Å²) in [6, 6.07) is 6.78. The molecule has 0 amide bonds. The number of rotatable bonds is 5. The molecule has 0 spiro atoms. The molecule has 2 aliphatic rings. The Morgan fingerprint density at radius 1 is 1.06 bits per heavy atom. The van der Waals surface area contributed by atoms with E-state index in [9.17, 15) is 0 Å². The van der Waals surface area contributed by atoms with Gasteiger partial charge in [-0.2, -0.15) is 15.4 Å². The van der Waals surface area contributed by atoms with Crippen LogP contribution in [0.4, 0.5) is 12.0 Å². The van der Waals surface area contributed by atoms with Gasteiger partial charge in [-0.15, -0.1) is 5.10 Å². The second-order valence-electron chi connectivity index (χ2n) is 7.84. The molecule has 1 aliphatic heterocycles. The molecular weight excluding hydrogens is 418 g/mol. The highest BCUT2D eigenvalue weighted by atomic mass is 35.5. The quantitative estimate of drug-likeness (QED) is 0.486. The third-order valence-electron chi connectivity index (χ3n) is 5.75. The first kappa shape index (κ1) is 18.3. The molecule has 1 aliphatic carbocycles. The van der Waals surface area contributed by atoms with Crippen LogP contribution in [0.2, 0.25) is 5.02 Å². The number of benzene rings is 1. The van der Waals surface area contributed by atoms with Crippen molar-refractivity contribution < 1.29 is 4.42 Å². The van der Waals surface area contributed by atoms with Crippen molar-refractivity contribution in [1.82, 2.24) is 35.6 Å². The van der Waals surface area contributed by atoms with Gasteiger partial charge in [0.05, 0.1) is 17.5 Å². The Morgan fingerprint density at radius 3 is 2.71 bits per heavy atom. The number of nitrogens with zero attached hydrogens (tertiary/aromatic N) is 7. The van der Waals surface area contributed by atoms with Crippen molar-refractivity contribution in [3.8, 4) is 11.5 Å². The summed E-state index contributed by atoms with van der Waals surface area (Å²) >= 11 is 6.10. The molecule has 0 radical (unpaired) electrons. The van der Waals surface area contributed by atoms with E-state index in [0.29, 0.717) is 29.3 Å². The van der Waals surface area contributed by atoms with E-state index < -0.39 is 0 Å². The average Bonchev–Trinajstić information content (AvgIpc) is 3.48. The fourth-order valence-corrected chi connectivity index (χ4v) is 4.27. The van der Waals surface area contributed by atoms with E-state index in [2.05, 4.69) is 47.0 Å². The summed E-state index contributed by atoms with van der Waals surface area (Å²) in [6.07, 6.45) is 6.96. The highest BCUT2D eigenvalue weighted by Crippen LogP contribution is 2.31. The average molecular weight is 436 g/mol. The Kier molecular flexibility index (Phi) is 4.30. The van der Waals surface area contributed by atoms with Gasteiger partial charge in [0.15, 0.2) is 0 Å². The third kappa shape index (κ3) is 3.48. The zero-order valence-electron chi connectivity index (χ0n) is 16.4. The first-order chi connectivity index (χ1) is 15.2. The van der Waals surface area contributed by atoms with Gasteiger partial charge in [-0.05, 0) is 36.1 Å². The van der Waals surface area contributed by atoms with Crippen molar-refractivity contribution in [1.29, 1.82) is 0 Å². The Morgan fingerprint density at radius 2 is 1.90 bits per heavy atom. The minimum Gasteiger partial charge on any atom is -0.403 e. The maximum Gasteiger partial charge on any atom is 0.318 e. The summed E-state index contributed by atoms with van der Waals surface area (Å²) in [6.45, 7) is 1.53. The lowest BCUT2D eigenvalue weighted by atomic mass is 9.98. The summed E-state index contributed by atoms with van der Waals surface area (Å²) in [4.78, 5) is 10.9. The molecule has 31 heavy (non-hydrogen) atoms. The van der Waals surface area contributed by atoms with Gasteiger partial charge in [0.25, 0.3) is 5.89 Å². The maximum absolute atomic E-state index is 6.10. The van der Waals surface area contributed by atoms with Crippen molar-refractivity contribution in [3.05, 3.63) is 58.6 Å². The molecule has 0 bridgehead atoms. The fourth-order valence-electron chi connectivity index (χ4n) is 4.07. The lowest BCUT2D eigenvalue weighted by molar-refractivity contribution is 0.449. The summed E-state index contributed by atoms with van der Waals surface area (Å²) in [5, 5.41) is 23.1. The molecule has 156 valence electrons. The van der Waals surface area contributed by atoms with E-state index in [4.69, 9.17) is 16.0 Å². The largest absolute Gasteiger partial charge is 0.403 e. The minimum atomic E-state index is 0.249. The van der Waals surface area contributed by atoms with Gasteiger partial charge in [0.1, 0.15) is 0 Å². The number of halogens is 1. The highest BCUT2D eigenvalue weighted by Gasteiger charge is 2.33. The molecule has 1 fully saturated rings. The lowest BCUT2D eigenvalue weighted by Crippen LogP contribution is -2.45. The minimum absolute atomic E-state index is 0.249. The maximum atomic E-state index is 6.10. The normalized spacial score (nSPS) is 18.1. The van der Waals surface area contributed by atoms with Crippen LogP contribution in [0.25, 0.3) is 11.5 Å². The number of nitrogens with one attached hydrogen (secondary N) is 2. The van der Waals surface area contributed by atoms with Crippen LogP contribution in [0.15, 0.2) is 41.2 Å². The van der Waals surface area contributed by atoms with E-state index in [-0.39, 0.29) is 6.04 Å². The van der Waals surface area contributed by atoms with Crippen LogP contribution in [-0.4, -0.2) is 54.7 Å². The molecule has 4 aromatic rings. The van der Waals surface area contributed by atoms with Crippen LogP contribution in [0.1, 0.15) is 22.7 Å². The molecule has 11 heteroatoms. The number of anilines is 2. The number of hydrogen-bond acceptors (Lipinski definition) is 9. The van der Waals surface area contributed by atoms with Crippen molar-refractivity contribution in [3.63, 3.8) is 0 Å². The zero-order chi connectivity index (χ0) is 20.8. The van der Waals surface area contributed by atoms with Gasteiger partial charge < -0.3 is 14.6 Å². The summed E-state index contributed by atoms with van der Waals surface area (Å²) in [7, 11) is 0. The van der Waals surface area contributed by atoms with E-state index in [0.717, 1.165) is 36.6 Å². The number of H-pyrrole nitrogens is 1. The molecule has 1 saturated heterocycles. The molecule has 6 rings (SSSR count). The molecule has 1 atom stereocenters. The van der Waals surface area contributed by atoms with Crippen LogP contribution in [0.3, 0.4) is 0 Å². The Hall–Kier alpha value is -3.53. The Bertz CT molecular complexity index is 1200. The molecule has 1 unspecified atom stereocenters. The summed E-state index contributed by atoms with van der Waals surface area (Å²) < 4.78 is 5.81. The fraction of sp³-hybridized carbons (Fsp3) is 0.300. The topological polar surface area (TPSA) is 122 Å². The molecule has 4 heterocycles. The Labute approximate surface area is 182 Å². The van der Waals surface area contributed by atoms with E-state index in [1.165, 1.54) is 11.1 Å². The van der Waals surface area contributed by atoms with Crippen LogP contribution in [0.5, 0.6) is 0 Å². The van der Waals surface area contributed by atoms with Crippen LogP contribution >= 0.6 is 11.6 Å². The van der Waals surface area contributed by atoms with Crippen LogP contribution in [-0.2, 0) is 12.8 Å². The van der Waals surface area contributed by atoms with Crippen molar-refractivity contribution >= 4 is 23.6 Å². The van der Waals surface area contributed by atoms with Gasteiger partial charge in [0.2, 0.25) is 5.95 Å². The second-order valence-corrected chi connectivity index (χ2v) is 8.28. The molecule has 0 saturated carbocycles. The van der Waals surface area contributed by atoms with Crippen molar-refractivity contribution in [2.75, 3.05) is 23.3 Å². The SMILES string of the molecule is Clc1ccc2c(c1)CC(Nc1ncc(-c3nnc(N4CC(c5cn[nH]n5)C4)o3)cn1)C2. The first-order valence-electron chi connectivity index (χ1n) is 10.0. The molecule has 10 nitrogen and oxygen atoms in total. The summed E-state index contributed by atoms with van der Waals surface area (Å²) in [5.74, 6) is 1.29. The number of aromatic amines is 1. The van der Waals surface area contributed by atoms with Crippen LogP contribution < -0.4 is 10.2 Å². The zero-order valence-corrected chi connectivity index (χ0v) is 17.1. The van der Waals surface area contributed by atoms with Gasteiger partial charge in [-0.1, -0.05) is 22.8 Å². The van der Waals surface area contributed by atoms with Gasteiger partial charge in [-0.3, -0.25) is 0 Å². The highest BCUT2D eigenvalue weighted by molar-refractivity contribution is 6.30. The van der Waals surface area contributed by atoms with E-state index >= 15 is 0 Å². The summed E-state index contributed by atoms with van der Waals surface area (Å²) in [5.41, 5.74) is 4.21. The second kappa shape index (κ2) is 7.31. The lowest BCUT2D eigenvalue weighted by Gasteiger charge is -2.36. The molecule has 2 N–H and O–H groups in total. The predicted octanol–water partition coefficient (Wildman–Crippen LogP) is 2.48. The van der Waals surface area contributed by atoms with E-state index in [1.54, 1.807) is 18.6 Å². The molecule has 3 aromatic heterocycles. The first-order valence-corrected chi connectivity index (χ1v) is 10.4. The monoisotopic (exact) mass is 435 g/mol. The van der Waals surface area contributed by atoms with Gasteiger partial charge in [0, 0.05) is 42.5 Å². The van der Waals surface area contributed by atoms with Gasteiger partial charge >= 0.3 is 6.01 Å². The van der Waals surface area contributed by atoms with Gasteiger partial charge in [-0.25, -0.2) is 9.97 Å². The number of aromatic nitrogens is 7. The smallest absolute Gasteiger partial charge is 0.318 e. The number of hydrogen-bond donors (Lipinski definition) is 2. The van der Waals surface area contributed by atoms with Crippen molar-refractivity contribution in [2.45, 2.75) is 24.8 Å². The predicted molar refractivity (Wildman–Crippen MR) is 113 cm³/mol. The van der Waals surface area contributed by atoms with Crippen molar-refractivity contribution in [2.24, 2.45) is 0 Å². The Balaban J connectivity index is 1.08. The number of fused-ring (bicyclic) bond motifs is 1. The molecule has 1 aromatic carbocycles. The van der Waals surface area contributed by atoms with E-state index in [1.807, 2.05) is 17.0 Å². The third-order valence-corrected chi connectivity index (χ3v) is 5.99. The standard InChI is InChI=1S/C20H18ClN9O/c21-15-2-1-11-4-16(5-12(11)3-15)25-19-22-6-13(7-23-19)18-27-28-20(31-18)30-9-14(10-30)17-8-24-29-26-17/h1-3,6-8,14,16H,4-5,9-10H2,(H,22,23,25)(H,24,26,29).